The molecular formula is C22H23N3O5S. The van der Waals surface area contributed by atoms with Crippen molar-refractivity contribution in [1.29, 1.82) is 0 Å². The number of aryl methyl sites for hydroxylation is 1. The normalized spacial score (nSPS) is 10.8. The number of nitrogens with zero attached hydrogens (tertiary/aromatic N) is 2. The van der Waals surface area contributed by atoms with E-state index in [1.165, 1.54) is 12.1 Å². The Morgan fingerprint density at radius 2 is 2.00 bits per heavy atom. The molecule has 0 aliphatic carbocycles. The summed E-state index contributed by atoms with van der Waals surface area (Å²) in [5.74, 6) is 0.0784. The Morgan fingerprint density at radius 1 is 1.19 bits per heavy atom. The van der Waals surface area contributed by atoms with Gasteiger partial charge >= 0.3 is 5.97 Å². The first kappa shape index (κ1) is 22.4. The highest BCUT2D eigenvalue weighted by Gasteiger charge is 2.13. The zero-order chi connectivity index (χ0) is 22.4. The van der Waals surface area contributed by atoms with Crippen molar-refractivity contribution >= 4 is 29.3 Å². The van der Waals surface area contributed by atoms with Gasteiger partial charge in [0, 0.05) is 5.69 Å². The lowest BCUT2D eigenvalue weighted by Crippen LogP contribution is -2.14. The number of anilines is 1. The number of hydrogen-bond donors (Lipinski definition) is 2. The third-order valence-electron chi connectivity index (χ3n) is 4.31. The van der Waals surface area contributed by atoms with E-state index in [1.807, 2.05) is 19.1 Å². The Hall–Kier alpha value is -3.33. The number of benzene rings is 2. The standard InChI is InChI=1S/C22H23N3O5S/c1-13(2)17-8-7-14(3)9-18(17)29-11-20-24-25-22(30-20)31-12-19(26)23-16-6-4-5-15(10-16)21(27)28/h4-10,13H,11-12H2,1-3H3,(H,23,26)(H,27,28). The Bertz CT molecular complexity index is 1080. The summed E-state index contributed by atoms with van der Waals surface area (Å²) in [6.45, 7) is 6.33. The highest BCUT2D eigenvalue weighted by molar-refractivity contribution is 7.99. The molecular weight excluding hydrogens is 418 g/mol. The summed E-state index contributed by atoms with van der Waals surface area (Å²) in [4.78, 5) is 23.1. The molecule has 0 spiro atoms. The van der Waals surface area contributed by atoms with Crippen LogP contribution < -0.4 is 10.1 Å². The predicted molar refractivity (Wildman–Crippen MR) is 117 cm³/mol. The second-order valence-electron chi connectivity index (χ2n) is 7.17. The van der Waals surface area contributed by atoms with Gasteiger partial charge in [0.25, 0.3) is 11.1 Å². The van der Waals surface area contributed by atoms with Crippen molar-refractivity contribution in [2.45, 2.75) is 38.5 Å². The number of amides is 1. The van der Waals surface area contributed by atoms with Crippen LogP contribution in [0.4, 0.5) is 5.69 Å². The van der Waals surface area contributed by atoms with Crippen molar-refractivity contribution in [3.63, 3.8) is 0 Å². The number of aromatic carboxylic acids is 1. The van der Waals surface area contributed by atoms with Crippen LogP contribution >= 0.6 is 11.8 Å². The molecule has 0 fully saturated rings. The van der Waals surface area contributed by atoms with Crippen LogP contribution in [-0.2, 0) is 11.4 Å². The van der Waals surface area contributed by atoms with Crippen molar-refractivity contribution in [3.8, 4) is 5.75 Å². The van der Waals surface area contributed by atoms with E-state index in [1.54, 1.807) is 12.1 Å². The fourth-order valence-corrected chi connectivity index (χ4v) is 3.37. The average Bonchev–Trinajstić information content (AvgIpc) is 3.18. The molecule has 2 aromatic carbocycles. The van der Waals surface area contributed by atoms with E-state index >= 15 is 0 Å². The lowest BCUT2D eigenvalue weighted by Gasteiger charge is -2.13. The zero-order valence-electron chi connectivity index (χ0n) is 17.4. The summed E-state index contributed by atoms with van der Waals surface area (Å²) in [5.41, 5.74) is 2.70. The van der Waals surface area contributed by atoms with Gasteiger partial charge in [-0.15, -0.1) is 10.2 Å². The smallest absolute Gasteiger partial charge is 0.335 e. The minimum atomic E-state index is -1.06. The fraction of sp³-hybridized carbons (Fsp3) is 0.273. The van der Waals surface area contributed by atoms with Crippen LogP contribution in [0, 0.1) is 6.92 Å². The molecule has 1 amide bonds. The van der Waals surface area contributed by atoms with Crippen molar-refractivity contribution in [2.75, 3.05) is 11.1 Å². The molecule has 3 aromatic rings. The van der Waals surface area contributed by atoms with Gasteiger partial charge in [0.2, 0.25) is 5.91 Å². The van der Waals surface area contributed by atoms with Crippen LogP contribution in [0.5, 0.6) is 5.75 Å². The minimum Gasteiger partial charge on any atom is -0.484 e. The number of hydrogen-bond acceptors (Lipinski definition) is 7. The SMILES string of the molecule is Cc1ccc(C(C)C)c(OCc2nnc(SCC(=O)Nc3cccc(C(=O)O)c3)o2)c1. The molecule has 0 saturated heterocycles. The van der Waals surface area contributed by atoms with Gasteiger partial charge in [-0.3, -0.25) is 4.79 Å². The number of ether oxygens (including phenoxy) is 1. The molecule has 1 aromatic heterocycles. The largest absolute Gasteiger partial charge is 0.484 e. The Balaban J connectivity index is 1.52. The molecule has 8 nitrogen and oxygen atoms in total. The Labute approximate surface area is 184 Å². The quantitative estimate of drug-likeness (QED) is 0.466. The third-order valence-corrected chi connectivity index (χ3v) is 5.13. The van der Waals surface area contributed by atoms with Crippen LogP contribution in [0.15, 0.2) is 52.1 Å². The average molecular weight is 442 g/mol. The molecule has 1 heterocycles. The van der Waals surface area contributed by atoms with E-state index in [2.05, 4.69) is 35.4 Å². The van der Waals surface area contributed by atoms with Gasteiger partial charge in [-0.05, 0) is 48.2 Å². The summed E-state index contributed by atoms with van der Waals surface area (Å²) in [7, 11) is 0. The molecule has 9 heteroatoms. The van der Waals surface area contributed by atoms with Crippen LogP contribution in [0.25, 0.3) is 0 Å². The maximum absolute atomic E-state index is 12.1. The number of rotatable bonds is 9. The molecule has 2 N–H and O–H groups in total. The van der Waals surface area contributed by atoms with Gasteiger partial charge in [0.15, 0.2) is 6.61 Å². The second-order valence-corrected chi connectivity index (χ2v) is 8.10. The molecule has 0 saturated carbocycles. The number of carbonyl (C=O) groups excluding carboxylic acids is 1. The van der Waals surface area contributed by atoms with Crippen LogP contribution in [-0.4, -0.2) is 32.9 Å². The molecule has 31 heavy (non-hydrogen) atoms. The lowest BCUT2D eigenvalue weighted by molar-refractivity contribution is -0.113. The van der Waals surface area contributed by atoms with E-state index in [0.29, 0.717) is 17.5 Å². The number of aromatic nitrogens is 2. The van der Waals surface area contributed by atoms with E-state index in [-0.39, 0.29) is 29.1 Å². The van der Waals surface area contributed by atoms with E-state index in [9.17, 15) is 9.59 Å². The summed E-state index contributed by atoms with van der Waals surface area (Å²) in [6, 6.07) is 12.1. The first-order chi connectivity index (χ1) is 14.8. The van der Waals surface area contributed by atoms with Gasteiger partial charge in [0.05, 0.1) is 11.3 Å². The maximum Gasteiger partial charge on any atom is 0.335 e. The molecule has 0 aliphatic rings. The second kappa shape index (κ2) is 10.1. The number of nitrogens with one attached hydrogen (secondary N) is 1. The summed E-state index contributed by atoms with van der Waals surface area (Å²) < 4.78 is 11.4. The molecule has 162 valence electrons. The number of carboxylic acids is 1. The predicted octanol–water partition coefficient (Wildman–Crippen LogP) is 4.51. The Kier molecular flexibility index (Phi) is 7.30. The molecule has 0 radical (unpaired) electrons. The fourth-order valence-electron chi connectivity index (χ4n) is 2.79. The zero-order valence-corrected chi connectivity index (χ0v) is 18.2. The molecule has 0 bridgehead atoms. The van der Waals surface area contributed by atoms with Gasteiger partial charge < -0.3 is 19.6 Å². The summed E-state index contributed by atoms with van der Waals surface area (Å²) >= 11 is 1.09. The topological polar surface area (TPSA) is 115 Å². The number of thioether (sulfide) groups is 1. The van der Waals surface area contributed by atoms with Crippen molar-refractivity contribution in [2.24, 2.45) is 0 Å². The maximum atomic E-state index is 12.1. The number of carbonyl (C=O) groups is 2. The molecule has 0 unspecified atom stereocenters. The third kappa shape index (κ3) is 6.32. The van der Waals surface area contributed by atoms with Crippen molar-refractivity contribution in [1.82, 2.24) is 10.2 Å². The summed E-state index contributed by atoms with van der Waals surface area (Å²) in [5, 5.41) is 19.8. The van der Waals surface area contributed by atoms with Gasteiger partial charge in [-0.1, -0.05) is 43.8 Å². The molecule has 3 rings (SSSR count). The van der Waals surface area contributed by atoms with Gasteiger partial charge in [-0.25, -0.2) is 4.79 Å². The monoisotopic (exact) mass is 441 g/mol. The first-order valence-electron chi connectivity index (χ1n) is 9.63. The molecule has 0 atom stereocenters. The van der Waals surface area contributed by atoms with Gasteiger partial charge in [-0.2, -0.15) is 0 Å². The van der Waals surface area contributed by atoms with Gasteiger partial charge in [0.1, 0.15) is 5.75 Å². The van der Waals surface area contributed by atoms with E-state index in [0.717, 1.165) is 28.6 Å². The number of carboxylic acid groups (broad SMARTS) is 1. The van der Waals surface area contributed by atoms with Crippen LogP contribution in [0.2, 0.25) is 0 Å². The van der Waals surface area contributed by atoms with Crippen molar-refractivity contribution < 1.29 is 23.8 Å². The van der Waals surface area contributed by atoms with E-state index < -0.39 is 5.97 Å². The minimum absolute atomic E-state index is 0.0369. The summed E-state index contributed by atoms with van der Waals surface area (Å²) in [6.07, 6.45) is 0. The van der Waals surface area contributed by atoms with E-state index in [4.69, 9.17) is 14.3 Å². The highest BCUT2D eigenvalue weighted by Crippen LogP contribution is 2.28. The van der Waals surface area contributed by atoms with Crippen LogP contribution in [0.1, 0.15) is 47.1 Å². The van der Waals surface area contributed by atoms with Crippen molar-refractivity contribution in [3.05, 3.63) is 65.0 Å². The first-order valence-corrected chi connectivity index (χ1v) is 10.6. The lowest BCUT2D eigenvalue weighted by atomic mass is 10.0. The molecule has 0 aliphatic heterocycles. The van der Waals surface area contributed by atoms with Crippen LogP contribution in [0.3, 0.4) is 0 Å². The Morgan fingerprint density at radius 3 is 2.74 bits per heavy atom. The highest BCUT2D eigenvalue weighted by atomic mass is 32.2.